The van der Waals surface area contributed by atoms with Gasteiger partial charge in [0.2, 0.25) is 0 Å². The molecule has 0 aromatic rings. The summed E-state index contributed by atoms with van der Waals surface area (Å²) in [4.78, 5) is 0. The van der Waals surface area contributed by atoms with Crippen LogP contribution in [-0.2, 0) is 0 Å². The molecule has 0 bridgehead atoms. The number of fused-ring (bicyclic) bond motifs is 1. The summed E-state index contributed by atoms with van der Waals surface area (Å²) >= 11 is 0. The van der Waals surface area contributed by atoms with Gasteiger partial charge in [-0.05, 0) is 36.5 Å². The molecule has 0 amide bonds. The van der Waals surface area contributed by atoms with E-state index in [1.54, 1.807) is 25.7 Å². The van der Waals surface area contributed by atoms with Gasteiger partial charge < -0.3 is 0 Å². The van der Waals surface area contributed by atoms with Gasteiger partial charge >= 0.3 is 0 Å². The van der Waals surface area contributed by atoms with Crippen LogP contribution in [0, 0.1) is 23.7 Å². The molecule has 0 radical (unpaired) electrons. The van der Waals surface area contributed by atoms with Crippen molar-refractivity contribution >= 4 is 0 Å². The second kappa shape index (κ2) is 4.68. The Morgan fingerprint density at radius 1 is 1.00 bits per heavy atom. The Labute approximate surface area is 89.5 Å². The highest BCUT2D eigenvalue weighted by atomic mass is 14.4. The highest BCUT2D eigenvalue weighted by Crippen LogP contribution is 2.46. The SMILES string of the molecule is CCCC1CC2CCCCC2CC1C. The van der Waals surface area contributed by atoms with E-state index in [4.69, 9.17) is 0 Å². The molecule has 0 N–H and O–H groups in total. The first-order chi connectivity index (χ1) is 6.81. The average molecular weight is 194 g/mol. The summed E-state index contributed by atoms with van der Waals surface area (Å²) in [6.45, 7) is 4.85. The maximum Gasteiger partial charge on any atom is -0.0383 e. The molecule has 2 saturated carbocycles. The summed E-state index contributed by atoms with van der Waals surface area (Å²) in [6, 6.07) is 0. The van der Waals surface area contributed by atoms with Gasteiger partial charge in [-0.25, -0.2) is 0 Å². The standard InChI is InChI=1S/C14H26/c1-3-6-12-10-14-8-5-4-7-13(14)9-11(12)2/h11-14H,3-10H2,1-2H3. The zero-order valence-electron chi connectivity index (χ0n) is 9.97. The van der Waals surface area contributed by atoms with Gasteiger partial charge in [0.1, 0.15) is 0 Å². The lowest BCUT2D eigenvalue weighted by Gasteiger charge is -2.43. The minimum absolute atomic E-state index is 1.02. The van der Waals surface area contributed by atoms with E-state index in [2.05, 4.69) is 13.8 Å². The average Bonchev–Trinajstić information content (AvgIpc) is 2.19. The molecule has 2 rings (SSSR count). The summed E-state index contributed by atoms with van der Waals surface area (Å²) in [5.74, 6) is 4.33. The predicted molar refractivity (Wildman–Crippen MR) is 62.2 cm³/mol. The van der Waals surface area contributed by atoms with Crippen molar-refractivity contribution in [3.05, 3.63) is 0 Å². The van der Waals surface area contributed by atoms with Crippen LogP contribution in [0.4, 0.5) is 0 Å². The summed E-state index contributed by atoms with van der Waals surface area (Å²) in [6.07, 6.45) is 12.2. The van der Waals surface area contributed by atoms with Gasteiger partial charge in [-0.15, -0.1) is 0 Å². The Hall–Kier alpha value is 0. The topological polar surface area (TPSA) is 0 Å². The first-order valence-corrected chi connectivity index (χ1v) is 6.81. The second-order valence-electron chi connectivity index (χ2n) is 5.80. The molecule has 0 aromatic carbocycles. The number of hydrogen-bond donors (Lipinski definition) is 0. The van der Waals surface area contributed by atoms with Gasteiger partial charge in [-0.2, -0.15) is 0 Å². The van der Waals surface area contributed by atoms with Crippen LogP contribution in [0.25, 0.3) is 0 Å². The summed E-state index contributed by atoms with van der Waals surface area (Å²) in [5.41, 5.74) is 0. The molecule has 0 spiro atoms. The second-order valence-corrected chi connectivity index (χ2v) is 5.80. The van der Waals surface area contributed by atoms with Crippen molar-refractivity contribution < 1.29 is 0 Å². The third-order valence-electron chi connectivity index (χ3n) is 4.81. The summed E-state index contributed by atoms with van der Waals surface area (Å²) < 4.78 is 0. The maximum absolute atomic E-state index is 2.51. The monoisotopic (exact) mass is 194 g/mol. The molecule has 0 aromatic heterocycles. The molecule has 2 fully saturated rings. The third kappa shape index (κ3) is 2.15. The quantitative estimate of drug-likeness (QED) is 0.601. The third-order valence-corrected chi connectivity index (χ3v) is 4.81. The van der Waals surface area contributed by atoms with Gasteiger partial charge in [0.15, 0.2) is 0 Å². The molecule has 82 valence electrons. The van der Waals surface area contributed by atoms with Crippen molar-refractivity contribution in [1.82, 2.24) is 0 Å². The van der Waals surface area contributed by atoms with Crippen LogP contribution < -0.4 is 0 Å². The minimum atomic E-state index is 1.02. The highest BCUT2D eigenvalue weighted by Gasteiger charge is 2.35. The van der Waals surface area contributed by atoms with Gasteiger partial charge in [-0.3, -0.25) is 0 Å². The lowest BCUT2D eigenvalue weighted by molar-refractivity contribution is 0.0810. The minimum Gasteiger partial charge on any atom is -0.0654 e. The van der Waals surface area contributed by atoms with Gasteiger partial charge in [0.25, 0.3) is 0 Å². The molecule has 0 saturated heterocycles. The molecule has 2 aliphatic carbocycles. The molecule has 2 aliphatic rings. The lowest BCUT2D eigenvalue weighted by Crippen LogP contribution is -2.32. The smallest absolute Gasteiger partial charge is 0.0383 e. The fourth-order valence-electron chi connectivity index (χ4n) is 3.97. The molecule has 14 heavy (non-hydrogen) atoms. The Kier molecular flexibility index (Phi) is 3.52. The highest BCUT2D eigenvalue weighted by molar-refractivity contribution is 4.86. The maximum atomic E-state index is 2.51. The van der Waals surface area contributed by atoms with E-state index >= 15 is 0 Å². The van der Waals surface area contributed by atoms with E-state index in [9.17, 15) is 0 Å². The van der Waals surface area contributed by atoms with E-state index in [1.807, 2.05) is 0 Å². The van der Waals surface area contributed by atoms with E-state index in [-0.39, 0.29) is 0 Å². The Bertz CT molecular complexity index is 171. The van der Waals surface area contributed by atoms with Crippen LogP contribution in [0.5, 0.6) is 0 Å². The largest absolute Gasteiger partial charge is 0.0654 e. The zero-order valence-corrected chi connectivity index (χ0v) is 9.97. The predicted octanol–water partition coefficient (Wildman–Crippen LogP) is 4.64. The Morgan fingerprint density at radius 3 is 2.29 bits per heavy atom. The van der Waals surface area contributed by atoms with Crippen molar-refractivity contribution in [2.45, 2.75) is 65.2 Å². The van der Waals surface area contributed by atoms with Gasteiger partial charge in [0, 0.05) is 0 Å². The van der Waals surface area contributed by atoms with Crippen LogP contribution in [-0.4, -0.2) is 0 Å². The zero-order chi connectivity index (χ0) is 9.97. The van der Waals surface area contributed by atoms with Gasteiger partial charge in [0.05, 0.1) is 0 Å². The van der Waals surface area contributed by atoms with Crippen LogP contribution in [0.2, 0.25) is 0 Å². The van der Waals surface area contributed by atoms with E-state index in [0.29, 0.717) is 0 Å². The van der Waals surface area contributed by atoms with Crippen molar-refractivity contribution in [3.8, 4) is 0 Å². The first-order valence-electron chi connectivity index (χ1n) is 6.81. The molecule has 0 aliphatic heterocycles. The van der Waals surface area contributed by atoms with Crippen molar-refractivity contribution in [2.24, 2.45) is 23.7 Å². The number of hydrogen-bond acceptors (Lipinski definition) is 0. The molecule has 0 nitrogen and oxygen atoms in total. The van der Waals surface area contributed by atoms with Crippen LogP contribution in [0.3, 0.4) is 0 Å². The van der Waals surface area contributed by atoms with Gasteiger partial charge in [-0.1, -0.05) is 52.4 Å². The molecule has 0 heteroatoms. The summed E-state index contributed by atoms with van der Waals surface area (Å²) in [5, 5.41) is 0. The fourth-order valence-corrected chi connectivity index (χ4v) is 3.97. The normalized spacial score (nSPS) is 43.3. The van der Waals surface area contributed by atoms with E-state index < -0.39 is 0 Å². The molecule has 0 heterocycles. The molecular weight excluding hydrogens is 168 g/mol. The number of rotatable bonds is 2. The molecular formula is C14H26. The lowest BCUT2D eigenvalue weighted by atomic mass is 9.63. The Balaban J connectivity index is 1.92. The Morgan fingerprint density at radius 2 is 1.64 bits per heavy atom. The van der Waals surface area contributed by atoms with Crippen molar-refractivity contribution in [2.75, 3.05) is 0 Å². The van der Waals surface area contributed by atoms with E-state index in [0.717, 1.165) is 23.7 Å². The molecule has 4 unspecified atom stereocenters. The van der Waals surface area contributed by atoms with Crippen LogP contribution >= 0.6 is 0 Å². The van der Waals surface area contributed by atoms with Crippen LogP contribution in [0.15, 0.2) is 0 Å². The summed E-state index contributed by atoms with van der Waals surface area (Å²) in [7, 11) is 0. The fraction of sp³-hybridized carbons (Fsp3) is 1.00. The van der Waals surface area contributed by atoms with Crippen molar-refractivity contribution in [3.63, 3.8) is 0 Å². The van der Waals surface area contributed by atoms with E-state index in [1.165, 1.54) is 25.7 Å². The van der Waals surface area contributed by atoms with Crippen LogP contribution in [0.1, 0.15) is 65.2 Å². The first kappa shape index (κ1) is 10.5. The van der Waals surface area contributed by atoms with Crippen molar-refractivity contribution in [1.29, 1.82) is 0 Å². The molecule has 4 atom stereocenters.